The van der Waals surface area contributed by atoms with Gasteiger partial charge < -0.3 is 10.3 Å². The lowest BCUT2D eigenvalue weighted by atomic mass is 10.1. The molecule has 1 aliphatic rings. The molecule has 0 aliphatic carbocycles. The maximum absolute atomic E-state index is 11.2. The van der Waals surface area contributed by atoms with Crippen LogP contribution in [0.4, 0.5) is 5.82 Å². The van der Waals surface area contributed by atoms with Gasteiger partial charge in [0.25, 0.3) is 5.56 Å². The van der Waals surface area contributed by atoms with Gasteiger partial charge in [-0.05, 0) is 24.3 Å². The minimum Gasteiger partial charge on any atom is -0.366 e. The molecule has 6 heteroatoms. The topological polar surface area (TPSA) is 57.8 Å². The summed E-state index contributed by atoms with van der Waals surface area (Å²) in [6, 6.07) is 0.387. The van der Waals surface area contributed by atoms with Crippen molar-refractivity contribution in [2.45, 2.75) is 18.9 Å². The molecular weight excluding hydrogens is 234 g/mol. The van der Waals surface area contributed by atoms with Gasteiger partial charge in [-0.2, -0.15) is 11.8 Å². The highest BCUT2D eigenvalue weighted by molar-refractivity contribution is 7.99. The number of nitrogens with zero attached hydrogens (tertiary/aromatic N) is 1. The van der Waals surface area contributed by atoms with E-state index in [-0.39, 0.29) is 10.6 Å². The first kappa shape index (κ1) is 10.8. The maximum atomic E-state index is 11.2. The highest BCUT2D eigenvalue weighted by atomic mass is 35.5. The Bertz CT molecular complexity index is 389. The Morgan fingerprint density at radius 3 is 3.00 bits per heavy atom. The molecule has 0 saturated carbocycles. The van der Waals surface area contributed by atoms with Crippen molar-refractivity contribution in [2.24, 2.45) is 0 Å². The molecular formula is C9H12ClN3OS. The highest BCUT2D eigenvalue weighted by Gasteiger charge is 2.15. The first-order valence-corrected chi connectivity index (χ1v) is 6.38. The van der Waals surface area contributed by atoms with Crippen LogP contribution < -0.4 is 10.9 Å². The Morgan fingerprint density at radius 1 is 1.53 bits per heavy atom. The second-order valence-corrected chi connectivity index (χ2v) is 5.03. The highest BCUT2D eigenvalue weighted by Crippen LogP contribution is 2.21. The second-order valence-electron chi connectivity index (χ2n) is 3.43. The van der Waals surface area contributed by atoms with Crippen LogP contribution in [0.3, 0.4) is 0 Å². The lowest BCUT2D eigenvalue weighted by Crippen LogP contribution is -2.26. The van der Waals surface area contributed by atoms with E-state index in [0.29, 0.717) is 11.9 Å². The third-order valence-corrected chi connectivity index (χ3v) is 3.76. The number of halogens is 1. The number of hydrogen-bond donors (Lipinski definition) is 2. The van der Waals surface area contributed by atoms with Gasteiger partial charge in [0, 0.05) is 6.04 Å². The lowest BCUT2D eigenvalue weighted by molar-refractivity contribution is 0.663. The fraction of sp³-hybridized carbons (Fsp3) is 0.556. The number of aromatic amines is 1. The van der Waals surface area contributed by atoms with Crippen LogP contribution in [0.25, 0.3) is 0 Å². The average Bonchev–Trinajstić information content (AvgIpc) is 2.26. The van der Waals surface area contributed by atoms with E-state index in [1.54, 1.807) is 0 Å². The Hall–Kier alpha value is -0.680. The Labute approximate surface area is 96.8 Å². The van der Waals surface area contributed by atoms with Gasteiger partial charge >= 0.3 is 0 Å². The van der Waals surface area contributed by atoms with Gasteiger partial charge in [-0.25, -0.2) is 4.98 Å². The molecule has 0 amide bonds. The number of thioether (sulfide) groups is 1. The van der Waals surface area contributed by atoms with Gasteiger partial charge in [0.1, 0.15) is 5.02 Å². The summed E-state index contributed by atoms with van der Waals surface area (Å²) in [6.07, 6.45) is 3.55. The van der Waals surface area contributed by atoms with Crippen molar-refractivity contribution in [3.8, 4) is 0 Å². The fourth-order valence-corrected chi connectivity index (χ4v) is 2.78. The van der Waals surface area contributed by atoms with Crippen molar-refractivity contribution in [1.29, 1.82) is 0 Å². The van der Waals surface area contributed by atoms with E-state index in [4.69, 9.17) is 11.6 Å². The lowest BCUT2D eigenvalue weighted by Gasteiger charge is -2.23. The van der Waals surface area contributed by atoms with Crippen LogP contribution in [0, 0.1) is 0 Å². The molecule has 1 aliphatic heterocycles. The monoisotopic (exact) mass is 245 g/mol. The van der Waals surface area contributed by atoms with Gasteiger partial charge in [-0.3, -0.25) is 4.79 Å². The Balaban J connectivity index is 2.09. The van der Waals surface area contributed by atoms with Crippen LogP contribution >= 0.6 is 23.4 Å². The quantitative estimate of drug-likeness (QED) is 0.833. The molecule has 0 aromatic carbocycles. The van der Waals surface area contributed by atoms with E-state index in [9.17, 15) is 4.79 Å². The molecule has 4 nitrogen and oxygen atoms in total. The summed E-state index contributed by atoms with van der Waals surface area (Å²) < 4.78 is 0. The van der Waals surface area contributed by atoms with Crippen LogP contribution in [0.2, 0.25) is 5.02 Å². The minimum absolute atomic E-state index is 0.149. The summed E-state index contributed by atoms with van der Waals surface area (Å²) in [5, 5.41) is 3.36. The summed E-state index contributed by atoms with van der Waals surface area (Å²) in [7, 11) is 0. The van der Waals surface area contributed by atoms with Crippen LogP contribution in [-0.4, -0.2) is 27.5 Å². The smallest absolute Gasteiger partial charge is 0.271 e. The molecule has 1 fully saturated rings. The predicted octanol–water partition coefficient (Wildman–Crippen LogP) is 1.73. The van der Waals surface area contributed by atoms with Crippen molar-refractivity contribution in [3.05, 3.63) is 21.7 Å². The van der Waals surface area contributed by atoms with Crippen LogP contribution in [0.1, 0.15) is 12.8 Å². The molecule has 1 saturated heterocycles. The molecule has 0 bridgehead atoms. The van der Waals surface area contributed by atoms with E-state index in [2.05, 4.69) is 15.3 Å². The number of aromatic nitrogens is 2. The summed E-state index contributed by atoms with van der Waals surface area (Å²) in [4.78, 5) is 17.7. The van der Waals surface area contributed by atoms with E-state index in [0.717, 1.165) is 24.3 Å². The molecule has 2 rings (SSSR count). The molecule has 15 heavy (non-hydrogen) atoms. The summed E-state index contributed by atoms with van der Waals surface area (Å²) >= 11 is 7.79. The van der Waals surface area contributed by atoms with Crippen LogP contribution in [0.15, 0.2) is 11.1 Å². The van der Waals surface area contributed by atoms with Gasteiger partial charge in [-0.1, -0.05) is 11.6 Å². The molecule has 0 atom stereocenters. The summed E-state index contributed by atoms with van der Waals surface area (Å²) in [5.74, 6) is 2.80. The van der Waals surface area contributed by atoms with Crippen molar-refractivity contribution < 1.29 is 0 Å². The first-order chi connectivity index (χ1) is 7.27. The predicted molar refractivity (Wildman–Crippen MR) is 63.8 cm³/mol. The Kier molecular flexibility index (Phi) is 3.53. The molecule has 0 radical (unpaired) electrons. The van der Waals surface area contributed by atoms with Crippen molar-refractivity contribution in [1.82, 2.24) is 9.97 Å². The number of H-pyrrole nitrogens is 1. The zero-order chi connectivity index (χ0) is 10.7. The van der Waals surface area contributed by atoms with Gasteiger partial charge in [0.2, 0.25) is 0 Å². The molecule has 0 spiro atoms. The first-order valence-electron chi connectivity index (χ1n) is 4.85. The number of anilines is 1. The molecule has 1 aromatic rings. The molecule has 2 N–H and O–H groups in total. The zero-order valence-electron chi connectivity index (χ0n) is 8.12. The molecule has 2 heterocycles. The standard InChI is InChI=1S/C9H12ClN3OS/c10-7-8(11-5-12-9(7)14)13-6-1-3-15-4-2-6/h5-6H,1-4H2,(H2,11,12,13,14). The molecule has 1 aromatic heterocycles. The third-order valence-electron chi connectivity index (χ3n) is 2.36. The van der Waals surface area contributed by atoms with Gasteiger partial charge in [-0.15, -0.1) is 0 Å². The third kappa shape index (κ3) is 2.66. The number of rotatable bonds is 2. The van der Waals surface area contributed by atoms with E-state index < -0.39 is 0 Å². The van der Waals surface area contributed by atoms with E-state index >= 15 is 0 Å². The average molecular weight is 246 g/mol. The van der Waals surface area contributed by atoms with E-state index in [1.165, 1.54) is 6.33 Å². The molecule has 82 valence electrons. The SMILES string of the molecule is O=c1[nH]cnc(NC2CCSCC2)c1Cl. The number of hydrogen-bond acceptors (Lipinski definition) is 4. The van der Waals surface area contributed by atoms with Gasteiger partial charge in [0.05, 0.1) is 6.33 Å². The van der Waals surface area contributed by atoms with Crippen molar-refractivity contribution >= 4 is 29.2 Å². The van der Waals surface area contributed by atoms with Crippen molar-refractivity contribution in [3.63, 3.8) is 0 Å². The summed E-state index contributed by atoms with van der Waals surface area (Å²) in [6.45, 7) is 0. The minimum atomic E-state index is -0.292. The zero-order valence-corrected chi connectivity index (χ0v) is 9.70. The van der Waals surface area contributed by atoms with Crippen molar-refractivity contribution in [2.75, 3.05) is 16.8 Å². The largest absolute Gasteiger partial charge is 0.366 e. The Morgan fingerprint density at radius 2 is 2.27 bits per heavy atom. The normalized spacial score (nSPS) is 17.7. The van der Waals surface area contributed by atoms with Crippen LogP contribution in [0.5, 0.6) is 0 Å². The summed E-state index contributed by atoms with van der Waals surface area (Å²) in [5.41, 5.74) is -0.292. The van der Waals surface area contributed by atoms with Gasteiger partial charge in [0.15, 0.2) is 5.82 Å². The van der Waals surface area contributed by atoms with Crippen LogP contribution in [-0.2, 0) is 0 Å². The fourth-order valence-electron chi connectivity index (χ4n) is 1.52. The second kappa shape index (κ2) is 4.90. The number of nitrogens with one attached hydrogen (secondary N) is 2. The maximum Gasteiger partial charge on any atom is 0.271 e. The molecule has 0 unspecified atom stereocenters. The van der Waals surface area contributed by atoms with E-state index in [1.807, 2.05) is 11.8 Å².